The average molecular weight is 371 g/mol. The van der Waals surface area contributed by atoms with Crippen LogP contribution in [0.2, 0.25) is 0 Å². The van der Waals surface area contributed by atoms with Crippen molar-refractivity contribution in [2.75, 3.05) is 31.1 Å². The van der Waals surface area contributed by atoms with Crippen molar-refractivity contribution in [3.63, 3.8) is 0 Å². The molecule has 1 aliphatic carbocycles. The van der Waals surface area contributed by atoms with Crippen molar-refractivity contribution < 1.29 is 9.18 Å². The first kappa shape index (κ1) is 18.7. The first-order chi connectivity index (χ1) is 13.0. The largest absolute Gasteiger partial charge is 0.363 e. The van der Waals surface area contributed by atoms with Gasteiger partial charge in [-0.1, -0.05) is 18.6 Å². The first-order valence-electron chi connectivity index (χ1n) is 10.4. The third-order valence-corrected chi connectivity index (χ3v) is 6.89. The molecule has 2 heterocycles. The van der Waals surface area contributed by atoms with Gasteiger partial charge in [0.15, 0.2) is 0 Å². The molecule has 0 aromatic heterocycles. The highest BCUT2D eigenvalue weighted by atomic mass is 19.1. The Morgan fingerprint density at radius 2 is 2.07 bits per heavy atom. The summed E-state index contributed by atoms with van der Waals surface area (Å²) in [7, 11) is 0. The second-order valence-electron chi connectivity index (χ2n) is 8.89. The molecule has 1 spiro atoms. The summed E-state index contributed by atoms with van der Waals surface area (Å²) < 4.78 is 14.0. The van der Waals surface area contributed by atoms with Crippen LogP contribution in [-0.2, 0) is 10.2 Å². The second kappa shape index (κ2) is 7.38. The Morgan fingerprint density at radius 1 is 1.30 bits per heavy atom. The van der Waals surface area contributed by atoms with Crippen LogP contribution in [-0.4, -0.2) is 42.9 Å². The van der Waals surface area contributed by atoms with Gasteiger partial charge in [-0.2, -0.15) is 0 Å². The number of Topliss-reactive ketones (excluding diaryl/α,β-unsaturated/α-hetero) is 1. The van der Waals surface area contributed by atoms with Gasteiger partial charge in [0.1, 0.15) is 11.6 Å². The SMILES string of the molecule is C=C1CCCCC(N2CCC3(CC2)CN(CC(C)=O)c2ccc(F)cc23)C1. The second-order valence-corrected chi connectivity index (χ2v) is 8.89. The smallest absolute Gasteiger partial charge is 0.149 e. The van der Waals surface area contributed by atoms with Crippen LogP contribution in [0.4, 0.5) is 10.1 Å². The molecular weight excluding hydrogens is 339 g/mol. The van der Waals surface area contributed by atoms with Crippen molar-refractivity contribution in [1.29, 1.82) is 0 Å². The van der Waals surface area contributed by atoms with Crippen molar-refractivity contribution in [3.05, 3.63) is 41.7 Å². The maximum absolute atomic E-state index is 14.0. The molecule has 0 amide bonds. The summed E-state index contributed by atoms with van der Waals surface area (Å²) in [5, 5.41) is 0. The molecule has 0 N–H and O–H groups in total. The summed E-state index contributed by atoms with van der Waals surface area (Å²) in [5.74, 6) is -0.00275. The molecule has 146 valence electrons. The number of halogens is 1. The van der Waals surface area contributed by atoms with Crippen molar-refractivity contribution in [2.45, 2.75) is 63.3 Å². The molecule has 27 heavy (non-hydrogen) atoms. The summed E-state index contributed by atoms with van der Waals surface area (Å²) in [5.41, 5.74) is 3.57. The minimum atomic E-state index is -0.166. The van der Waals surface area contributed by atoms with E-state index >= 15 is 0 Å². The van der Waals surface area contributed by atoms with E-state index < -0.39 is 0 Å². The molecule has 2 aliphatic heterocycles. The number of anilines is 1. The van der Waals surface area contributed by atoms with Gasteiger partial charge in [-0.15, -0.1) is 0 Å². The van der Waals surface area contributed by atoms with Gasteiger partial charge in [0.05, 0.1) is 6.54 Å². The summed E-state index contributed by atoms with van der Waals surface area (Å²) in [4.78, 5) is 16.6. The zero-order valence-electron chi connectivity index (χ0n) is 16.5. The number of carbonyl (C=O) groups is 1. The van der Waals surface area contributed by atoms with Gasteiger partial charge in [0.25, 0.3) is 0 Å². The third kappa shape index (κ3) is 3.69. The van der Waals surface area contributed by atoms with E-state index in [1.165, 1.54) is 37.3 Å². The van der Waals surface area contributed by atoms with E-state index in [4.69, 9.17) is 0 Å². The molecule has 1 unspecified atom stereocenters. The number of piperidine rings is 1. The fourth-order valence-corrected chi connectivity index (χ4v) is 5.50. The zero-order chi connectivity index (χ0) is 19.0. The molecule has 0 radical (unpaired) electrons. The Balaban J connectivity index is 1.52. The van der Waals surface area contributed by atoms with Crippen molar-refractivity contribution in [2.24, 2.45) is 0 Å². The summed E-state index contributed by atoms with van der Waals surface area (Å²) in [6.45, 7) is 9.28. The lowest BCUT2D eigenvalue weighted by Crippen LogP contribution is -2.49. The molecule has 3 nitrogen and oxygen atoms in total. The zero-order valence-corrected chi connectivity index (χ0v) is 16.5. The molecule has 1 saturated heterocycles. The van der Waals surface area contributed by atoms with Crippen LogP contribution >= 0.6 is 0 Å². The van der Waals surface area contributed by atoms with E-state index in [9.17, 15) is 9.18 Å². The van der Waals surface area contributed by atoms with E-state index in [-0.39, 0.29) is 17.0 Å². The summed E-state index contributed by atoms with van der Waals surface area (Å²) in [6, 6.07) is 5.74. The van der Waals surface area contributed by atoms with Gasteiger partial charge in [-0.25, -0.2) is 4.39 Å². The van der Waals surface area contributed by atoms with Crippen LogP contribution < -0.4 is 4.90 Å². The maximum Gasteiger partial charge on any atom is 0.149 e. The van der Waals surface area contributed by atoms with E-state index in [1.807, 2.05) is 6.07 Å². The predicted octanol–water partition coefficient (Wildman–Crippen LogP) is 4.46. The predicted molar refractivity (Wildman–Crippen MR) is 108 cm³/mol. The van der Waals surface area contributed by atoms with Crippen LogP contribution in [0.5, 0.6) is 0 Å². The van der Waals surface area contributed by atoms with Gasteiger partial charge in [0, 0.05) is 23.7 Å². The van der Waals surface area contributed by atoms with Crippen LogP contribution in [0.3, 0.4) is 0 Å². The first-order valence-corrected chi connectivity index (χ1v) is 10.4. The van der Waals surface area contributed by atoms with Crippen LogP contribution in [0.25, 0.3) is 0 Å². The highest BCUT2D eigenvalue weighted by Crippen LogP contribution is 2.47. The number of likely N-dealkylation sites (tertiary alicyclic amines) is 1. The summed E-state index contributed by atoms with van der Waals surface area (Å²) >= 11 is 0. The number of nitrogens with zero attached hydrogens (tertiary/aromatic N) is 2. The Kier molecular flexibility index (Phi) is 5.11. The van der Waals surface area contributed by atoms with Gasteiger partial charge in [-0.3, -0.25) is 4.79 Å². The van der Waals surface area contributed by atoms with Gasteiger partial charge >= 0.3 is 0 Å². The van der Waals surface area contributed by atoms with Crippen molar-refractivity contribution >= 4 is 11.5 Å². The standard InChI is InChI=1S/C23H31FN2O/c1-17-5-3-4-6-20(13-17)25-11-9-23(10-12-25)16-26(15-18(2)27)22-8-7-19(24)14-21(22)23/h7-8,14,20H,1,3-6,9-13,15-16H2,2H3. The van der Waals surface area contributed by atoms with Crippen LogP contribution in [0.15, 0.2) is 30.4 Å². The lowest BCUT2D eigenvalue weighted by atomic mass is 9.74. The lowest BCUT2D eigenvalue weighted by Gasteiger charge is -2.43. The number of benzene rings is 1. The molecule has 1 saturated carbocycles. The highest BCUT2D eigenvalue weighted by Gasteiger charge is 2.45. The normalized spacial score (nSPS) is 25.5. The van der Waals surface area contributed by atoms with E-state index in [2.05, 4.69) is 16.4 Å². The monoisotopic (exact) mass is 370 g/mol. The number of rotatable bonds is 3. The fourth-order valence-electron chi connectivity index (χ4n) is 5.50. The van der Waals surface area contributed by atoms with Gasteiger partial charge in [0.2, 0.25) is 0 Å². The number of carbonyl (C=O) groups excluding carboxylic acids is 1. The number of hydrogen-bond acceptors (Lipinski definition) is 3. The molecule has 2 fully saturated rings. The Labute approximate surface area is 162 Å². The number of hydrogen-bond donors (Lipinski definition) is 0. The molecule has 1 aromatic rings. The Morgan fingerprint density at radius 3 is 2.81 bits per heavy atom. The third-order valence-electron chi connectivity index (χ3n) is 6.89. The van der Waals surface area contributed by atoms with E-state index in [0.717, 1.165) is 50.1 Å². The van der Waals surface area contributed by atoms with Crippen LogP contribution in [0, 0.1) is 5.82 Å². The number of fused-ring (bicyclic) bond motifs is 2. The number of ketones is 1. The minimum Gasteiger partial charge on any atom is -0.363 e. The molecule has 1 aromatic carbocycles. The lowest BCUT2D eigenvalue weighted by molar-refractivity contribution is -0.115. The average Bonchev–Trinajstić information content (AvgIpc) is 2.77. The topological polar surface area (TPSA) is 23.6 Å². The Bertz CT molecular complexity index is 736. The fraction of sp³-hybridized carbons (Fsp3) is 0.609. The van der Waals surface area contributed by atoms with Crippen molar-refractivity contribution in [1.82, 2.24) is 4.90 Å². The molecule has 1 atom stereocenters. The highest BCUT2D eigenvalue weighted by molar-refractivity contribution is 5.82. The van der Waals surface area contributed by atoms with Gasteiger partial charge in [-0.05, 0) is 82.3 Å². The maximum atomic E-state index is 14.0. The molecule has 4 rings (SSSR count). The molecule has 4 heteroatoms. The molecular formula is C23H31FN2O. The van der Waals surface area contributed by atoms with Crippen molar-refractivity contribution in [3.8, 4) is 0 Å². The van der Waals surface area contributed by atoms with E-state index in [1.54, 1.807) is 13.0 Å². The molecule has 3 aliphatic rings. The quantitative estimate of drug-likeness (QED) is 0.580. The van der Waals surface area contributed by atoms with E-state index in [0.29, 0.717) is 12.6 Å². The summed E-state index contributed by atoms with van der Waals surface area (Å²) in [6.07, 6.45) is 8.25. The van der Waals surface area contributed by atoms with Gasteiger partial charge < -0.3 is 9.80 Å². The minimum absolute atomic E-state index is 0.00881. The molecule has 0 bridgehead atoms. The van der Waals surface area contributed by atoms with Crippen LogP contribution in [0.1, 0.15) is 57.4 Å². The Hall–Kier alpha value is -1.68.